The van der Waals surface area contributed by atoms with E-state index in [0.29, 0.717) is 5.56 Å². The van der Waals surface area contributed by atoms with Gasteiger partial charge < -0.3 is 15.6 Å². The number of halogens is 1. The van der Waals surface area contributed by atoms with Crippen LogP contribution in [0, 0.1) is 5.82 Å². The average Bonchev–Trinajstić information content (AvgIpc) is 2.99. The molecule has 3 nitrogen and oxygen atoms in total. The summed E-state index contributed by atoms with van der Waals surface area (Å²) in [5.74, 6) is -0.758. The first kappa shape index (κ1) is 11.2. The third-order valence-corrected chi connectivity index (χ3v) is 3.48. The van der Waals surface area contributed by atoms with E-state index in [1.54, 1.807) is 6.07 Å². The molecule has 0 heterocycles. The Hall–Kier alpha value is -1.29. The van der Waals surface area contributed by atoms with E-state index in [1.807, 2.05) is 6.92 Å². The Balaban J connectivity index is 2.51. The van der Waals surface area contributed by atoms with E-state index in [-0.39, 0.29) is 23.0 Å². The second-order valence-corrected chi connectivity index (χ2v) is 4.42. The highest BCUT2D eigenvalue weighted by atomic mass is 19.1. The van der Waals surface area contributed by atoms with Gasteiger partial charge in [-0.05, 0) is 31.4 Å². The highest BCUT2D eigenvalue weighted by molar-refractivity contribution is 5.48. The van der Waals surface area contributed by atoms with Crippen LogP contribution in [0.2, 0.25) is 0 Å². The normalized spacial score (nSPS) is 19.2. The molecule has 1 aliphatic rings. The van der Waals surface area contributed by atoms with Crippen LogP contribution in [0.15, 0.2) is 12.1 Å². The quantitative estimate of drug-likeness (QED) is 0.826. The first-order valence-corrected chi connectivity index (χ1v) is 5.34. The summed E-state index contributed by atoms with van der Waals surface area (Å²) in [7, 11) is 1.34. The molecule has 1 fully saturated rings. The van der Waals surface area contributed by atoms with E-state index in [4.69, 9.17) is 10.5 Å². The van der Waals surface area contributed by atoms with Crippen LogP contribution in [-0.2, 0) is 5.41 Å². The third kappa shape index (κ3) is 1.45. The largest absolute Gasteiger partial charge is 0.504 e. The van der Waals surface area contributed by atoms with Crippen LogP contribution in [0.4, 0.5) is 4.39 Å². The van der Waals surface area contributed by atoms with Crippen LogP contribution in [0.25, 0.3) is 0 Å². The Morgan fingerprint density at radius 1 is 1.50 bits per heavy atom. The topological polar surface area (TPSA) is 55.5 Å². The lowest BCUT2D eigenvalue weighted by molar-refractivity contribution is 0.346. The molecule has 1 unspecified atom stereocenters. The number of phenolic OH excluding ortho intramolecular Hbond substituents is 1. The molecule has 4 heteroatoms. The lowest BCUT2D eigenvalue weighted by Gasteiger charge is -2.21. The molecule has 0 aliphatic heterocycles. The van der Waals surface area contributed by atoms with Gasteiger partial charge in [0.2, 0.25) is 0 Å². The number of aromatic hydroxyl groups is 1. The second-order valence-electron chi connectivity index (χ2n) is 4.42. The van der Waals surface area contributed by atoms with Crippen molar-refractivity contribution in [3.05, 3.63) is 23.5 Å². The molecule has 0 amide bonds. The molecule has 1 saturated carbocycles. The molecule has 0 aromatic heterocycles. The standard InChI is InChI=1S/C12H16FNO2/c1-7(14)12(5-6-12)8-3-4-9(15)11(16-2)10(8)13/h3-4,7,15H,5-6,14H2,1-2H3. The maximum atomic E-state index is 14.1. The van der Waals surface area contributed by atoms with Crippen LogP contribution >= 0.6 is 0 Å². The van der Waals surface area contributed by atoms with Crippen molar-refractivity contribution in [2.45, 2.75) is 31.2 Å². The highest BCUT2D eigenvalue weighted by Gasteiger charge is 2.49. The zero-order valence-corrected chi connectivity index (χ0v) is 9.46. The molecule has 0 saturated heterocycles. The Bertz CT molecular complexity index is 414. The second kappa shape index (κ2) is 3.63. The monoisotopic (exact) mass is 225 g/mol. The first-order chi connectivity index (χ1) is 7.53. The summed E-state index contributed by atoms with van der Waals surface area (Å²) in [6, 6.07) is 2.96. The van der Waals surface area contributed by atoms with Crippen molar-refractivity contribution in [3.63, 3.8) is 0 Å². The summed E-state index contributed by atoms with van der Waals surface area (Å²) < 4.78 is 18.9. The lowest BCUT2D eigenvalue weighted by atomic mass is 9.89. The molecule has 1 aromatic carbocycles. The fourth-order valence-corrected chi connectivity index (χ4v) is 2.23. The molecule has 1 aliphatic carbocycles. The highest BCUT2D eigenvalue weighted by Crippen LogP contribution is 2.52. The Morgan fingerprint density at radius 3 is 2.56 bits per heavy atom. The predicted octanol–water partition coefficient (Wildman–Crippen LogP) is 1.92. The van der Waals surface area contributed by atoms with Gasteiger partial charge in [-0.25, -0.2) is 4.39 Å². The summed E-state index contributed by atoms with van der Waals surface area (Å²) in [6.45, 7) is 1.88. The number of benzene rings is 1. The SMILES string of the molecule is COc1c(O)ccc(C2(C(C)N)CC2)c1F. The van der Waals surface area contributed by atoms with Crippen molar-refractivity contribution in [3.8, 4) is 11.5 Å². The minimum Gasteiger partial charge on any atom is -0.504 e. The summed E-state index contributed by atoms with van der Waals surface area (Å²) in [4.78, 5) is 0. The maximum Gasteiger partial charge on any atom is 0.196 e. The van der Waals surface area contributed by atoms with Crippen molar-refractivity contribution in [1.82, 2.24) is 0 Å². The summed E-state index contributed by atoms with van der Waals surface area (Å²) in [5, 5.41) is 9.44. The first-order valence-electron chi connectivity index (χ1n) is 5.34. The minimum atomic E-state index is -0.489. The van der Waals surface area contributed by atoms with Crippen molar-refractivity contribution in [2.75, 3.05) is 7.11 Å². The van der Waals surface area contributed by atoms with Gasteiger partial charge in [-0.2, -0.15) is 0 Å². The molecule has 0 spiro atoms. The predicted molar refractivity (Wildman–Crippen MR) is 59.2 cm³/mol. The Kier molecular flexibility index (Phi) is 2.54. The average molecular weight is 225 g/mol. The Morgan fingerprint density at radius 2 is 2.12 bits per heavy atom. The van der Waals surface area contributed by atoms with Crippen molar-refractivity contribution in [1.29, 1.82) is 0 Å². The molecule has 88 valence electrons. The van der Waals surface area contributed by atoms with E-state index in [9.17, 15) is 9.50 Å². The fourth-order valence-electron chi connectivity index (χ4n) is 2.23. The number of methoxy groups -OCH3 is 1. The smallest absolute Gasteiger partial charge is 0.196 e. The van der Waals surface area contributed by atoms with Crippen molar-refractivity contribution in [2.24, 2.45) is 5.73 Å². The number of rotatable bonds is 3. The van der Waals surface area contributed by atoms with Gasteiger partial charge >= 0.3 is 0 Å². The van der Waals surface area contributed by atoms with Gasteiger partial charge in [0.05, 0.1) is 7.11 Å². The van der Waals surface area contributed by atoms with Gasteiger partial charge in [-0.3, -0.25) is 0 Å². The van der Waals surface area contributed by atoms with E-state index < -0.39 is 5.82 Å². The molecular weight excluding hydrogens is 209 g/mol. The van der Waals surface area contributed by atoms with Gasteiger partial charge in [0.15, 0.2) is 17.3 Å². The molecule has 0 radical (unpaired) electrons. The molecule has 16 heavy (non-hydrogen) atoms. The molecule has 3 N–H and O–H groups in total. The van der Waals surface area contributed by atoms with Crippen LogP contribution in [0.3, 0.4) is 0 Å². The summed E-state index contributed by atoms with van der Waals surface area (Å²) in [5.41, 5.74) is 6.17. The summed E-state index contributed by atoms with van der Waals surface area (Å²) in [6.07, 6.45) is 1.77. The van der Waals surface area contributed by atoms with Gasteiger partial charge in [-0.1, -0.05) is 6.07 Å². The van der Waals surface area contributed by atoms with Crippen molar-refractivity contribution >= 4 is 0 Å². The molecule has 0 bridgehead atoms. The molecule has 1 aromatic rings. The van der Waals surface area contributed by atoms with Crippen LogP contribution in [0.5, 0.6) is 11.5 Å². The Labute approximate surface area is 94.0 Å². The van der Waals surface area contributed by atoms with E-state index in [0.717, 1.165) is 12.8 Å². The number of hydrogen-bond acceptors (Lipinski definition) is 3. The van der Waals surface area contributed by atoms with E-state index in [1.165, 1.54) is 13.2 Å². The number of hydrogen-bond donors (Lipinski definition) is 2. The van der Waals surface area contributed by atoms with Crippen molar-refractivity contribution < 1.29 is 14.2 Å². The van der Waals surface area contributed by atoms with Gasteiger partial charge in [0, 0.05) is 11.5 Å². The minimum absolute atomic E-state index is 0.0931. The van der Waals surface area contributed by atoms with Gasteiger partial charge in [0.25, 0.3) is 0 Å². The zero-order valence-electron chi connectivity index (χ0n) is 9.46. The number of phenols is 1. The van der Waals surface area contributed by atoms with E-state index >= 15 is 0 Å². The van der Waals surface area contributed by atoms with Crippen LogP contribution < -0.4 is 10.5 Å². The number of nitrogens with two attached hydrogens (primary N) is 1. The fraction of sp³-hybridized carbons (Fsp3) is 0.500. The molecule has 1 atom stereocenters. The van der Waals surface area contributed by atoms with Gasteiger partial charge in [0.1, 0.15) is 0 Å². The molecule has 2 rings (SSSR count). The lowest BCUT2D eigenvalue weighted by Crippen LogP contribution is -2.32. The molecular formula is C12H16FNO2. The van der Waals surface area contributed by atoms with Gasteiger partial charge in [-0.15, -0.1) is 0 Å². The third-order valence-electron chi connectivity index (χ3n) is 3.48. The van der Waals surface area contributed by atoms with Crippen LogP contribution in [0.1, 0.15) is 25.3 Å². The maximum absolute atomic E-state index is 14.1. The zero-order chi connectivity index (χ0) is 11.9. The summed E-state index contributed by atoms with van der Waals surface area (Å²) >= 11 is 0. The number of ether oxygens (including phenoxy) is 1. The van der Waals surface area contributed by atoms with Crippen LogP contribution in [-0.4, -0.2) is 18.3 Å². The van der Waals surface area contributed by atoms with E-state index in [2.05, 4.69) is 0 Å².